The van der Waals surface area contributed by atoms with Crippen molar-refractivity contribution >= 4 is 34.1 Å². The van der Waals surface area contributed by atoms with Crippen LogP contribution in [-0.2, 0) is 4.79 Å². The quantitative estimate of drug-likeness (QED) is 0.592. The molecule has 1 amide bonds. The van der Waals surface area contributed by atoms with Crippen LogP contribution in [0.5, 0.6) is 0 Å². The van der Waals surface area contributed by atoms with Gasteiger partial charge in [0, 0.05) is 11.7 Å². The van der Waals surface area contributed by atoms with Crippen LogP contribution in [0.4, 0.5) is 5.69 Å². The molecule has 4 rings (SSSR count). The maximum absolute atomic E-state index is 12.8. The Morgan fingerprint density at radius 2 is 1.86 bits per heavy atom. The van der Waals surface area contributed by atoms with Crippen molar-refractivity contribution in [1.82, 2.24) is 14.8 Å². The number of carbonyl (C=O) groups is 1. The van der Waals surface area contributed by atoms with Crippen molar-refractivity contribution in [2.45, 2.75) is 62.4 Å². The van der Waals surface area contributed by atoms with E-state index in [1.807, 2.05) is 44.2 Å². The average Bonchev–Trinajstić information content (AvgIpc) is 3.08. The zero-order chi connectivity index (χ0) is 19.5. The number of thioether (sulfide) groups is 1. The molecule has 0 saturated heterocycles. The summed E-state index contributed by atoms with van der Waals surface area (Å²) in [6.45, 7) is 3.93. The first kappa shape index (κ1) is 19.0. The number of hydrogen-bond acceptors (Lipinski definition) is 4. The highest BCUT2D eigenvalue weighted by Gasteiger charge is 2.24. The first-order chi connectivity index (χ1) is 13.6. The van der Waals surface area contributed by atoms with Gasteiger partial charge in [0.2, 0.25) is 5.91 Å². The number of fused-ring (bicyclic) bond motifs is 1. The summed E-state index contributed by atoms with van der Waals surface area (Å²) in [5.41, 5.74) is 0.820. The Morgan fingerprint density at radius 3 is 2.64 bits per heavy atom. The van der Waals surface area contributed by atoms with Crippen LogP contribution in [0.15, 0.2) is 47.6 Å². The van der Waals surface area contributed by atoms with Gasteiger partial charge in [-0.15, -0.1) is 10.2 Å². The van der Waals surface area contributed by atoms with Gasteiger partial charge >= 0.3 is 0 Å². The van der Waals surface area contributed by atoms with Crippen LogP contribution in [0, 0.1) is 6.92 Å². The van der Waals surface area contributed by atoms with Crippen molar-refractivity contribution in [2.75, 3.05) is 5.32 Å². The van der Waals surface area contributed by atoms with Crippen LogP contribution in [0.25, 0.3) is 10.8 Å². The molecule has 6 heteroatoms. The Bertz CT molecular complexity index is 978. The summed E-state index contributed by atoms with van der Waals surface area (Å²) in [4.78, 5) is 12.8. The van der Waals surface area contributed by atoms with E-state index in [1.165, 1.54) is 49.3 Å². The van der Waals surface area contributed by atoms with Crippen molar-refractivity contribution in [3.8, 4) is 0 Å². The SMILES string of the molecule is Cc1nnc(S[C@H](C)C(=O)Nc2ccc3ccccc3c2)n1C1CCCCC1. The molecule has 0 radical (unpaired) electrons. The van der Waals surface area contributed by atoms with Gasteiger partial charge in [-0.1, -0.05) is 61.4 Å². The van der Waals surface area contributed by atoms with Crippen molar-refractivity contribution in [3.63, 3.8) is 0 Å². The molecule has 146 valence electrons. The zero-order valence-electron chi connectivity index (χ0n) is 16.4. The van der Waals surface area contributed by atoms with Gasteiger partial charge in [-0.25, -0.2) is 0 Å². The molecule has 1 N–H and O–H groups in total. The van der Waals surface area contributed by atoms with E-state index in [2.05, 4.69) is 32.2 Å². The lowest BCUT2D eigenvalue weighted by Gasteiger charge is -2.25. The van der Waals surface area contributed by atoms with Crippen LogP contribution < -0.4 is 5.32 Å². The molecule has 0 aliphatic heterocycles. The molecule has 1 aliphatic rings. The third kappa shape index (κ3) is 4.07. The number of aromatic nitrogens is 3. The van der Waals surface area contributed by atoms with Gasteiger partial charge in [0.05, 0.1) is 5.25 Å². The standard InChI is InChI=1S/C22H26N4OS/c1-15(21(27)23-19-13-12-17-8-6-7-9-18(17)14-19)28-22-25-24-16(2)26(22)20-10-4-3-5-11-20/h6-9,12-15,20H,3-5,10-11H2,1-2H3,(H,23,27)/t15-/m1/s1. The summed E-state index contributed by atoms with van der Waals surface area (Å²) in [5.74, 6) is 0.924. The first-order valence-corrected chi connectivity index (χ1v) is 10.9. The summed E-state index contributed by atoms with van der Waals surface area (Å²) >= 11 is 1.49. The van der Waals surface area contributed by atoms with E-state index < -0.39 is 0 Å². The van der Waals surface area contributed by atoms with E-state index in [-0.39, 0.29) is 11.2 Å². The van der Waals surface area contributed by atoms with Gasteiger partial charge in [0.1, 0.15) is 5.82 Å². The Labute approximate surface area is 169 Å². The molecule has 0 unspecified atom stereocenters. The van der Waals surface area contributed by atoms with Gasteiger partial charge in [-0.05, 0) is 49.6 Å². The zero-order valence-corrected chi connectivity index (χ0v) is 17.2. The second-order valence-electron chi connectivity index (χ2n) is 7.50. The van der Waals surface area contributed by atoms with Gasteiger partial charge < -0.3 is 9.88 Å². The normalized spacial score (nSPS) is 16.2. The minimum Gasteiger partial charge on any atom is -0.325 e. The first-order valence-electron chi connectivity index (χ1n) is 9.99. The highest BCUT2D eigenvalue weighted by molar-refractivity contribution is 8.00. The van der Waals surface area contributed by atoms with Crippen LogP contribution in [0.1, 0.15) is 50.9 Å². The Hall–Kier alpha value is -2.34. The topological polar surface area (TPSA) is 59.8 Å². The fourth-order valence-electron chi connectivity index (χ4n) is 3.91. The molecular weight excluding hydrogens is 368 g/mol. The van der Waals surface area contributed by atoms with Crippen LogP contribution in [0.2, 0.25) is 0 Å². The fraction of sp³-hybridized carbons (Fsp3) is 0.409. The minimum absolute atomic E-state index is 0.0175. The van der Waals surface area contributed by atoms with Crippen LogP contribution in [0.3, 0.4) is 0 Å². The predicted octanol–water partition coefficient (Wildman–Crippen LogP) is 5.36. The van der Waals surface area contributed by atoms with Gasteiger partial charge in [-0.2, -0.15) is 0 Å². The second kappa shape index (κ2) is 8.35. The summed E-state index contributed by atoms with van der Waals surface area (Å²) in [6.07, 6.45) is 6.16. The molecule has 28 heavy (non-hydrogen) atoms. The molecule has 5 nitrogen and oxygen atoms in total. The number of nitrogens with one attached hydrogen (secondary N) is 1. The van der Waals surface area contributed by atoms with E-state index >= 15 is 0 Å². The van der Waals surface area contributed by atoms with Crippen molar-refractivity contribution in [1.29, 1.82) is 0 Å². The van der Waals surface area contributed by atoms with Crippen molar-refractivity contribution < 1.29 is 4.79 Å². The monoisotopic (exact) mass is 394 g/mol. The number of amides is 1. The molecule has 3 aromatic rings. The molecule has 0 spiro atoms. The van der Waals surface area contributed by atoms with Gasteiger partial charge in [0.25, 0.3) is 0 Å². The Kier molecular flexibility index (Phi) is 5.67. The molecule has 1 aliphatic carbocycles. The summed E-state index contributed by atoms with van der Waals surface area (Å²) in [7, 11) is 0. The summed E-state index contributed by atoms with van der Waals surface area (Å²) < 4.78 is 2.24. The summed E-state index contributed by atoms with van der Waals surface area (Å²) in [5, 5.41) is 14.6. The number of hydrogen-bond donors (Lipinski definition) is 1. The predicted molar refractivity (Wildman–Crippen MR) is 115 cm³/mol. The van der Waals surface area contributed by atoms with Crippen molar-refractivity contribution in [3.05, 3.63) is 48.3 Å². The highest BCUT2D eigenvalue weighted by Crippen LogP contribution is 2.33. The molecule has 1 fully saturated rings. The number of aryl methyl sites for hydroxylation is 1. The number of benzene rings is 2. The molecule has 1 aromatic heterocycles. The average molecular weight is 395 g/mol. The van der Waals surface area contributed by atoms with Gasteiger partial charge in [-0.3, -0.25) is 4.79 Å². The molecule has 1 heterocycles. The Morgan fingerprint density at radius 1 is 1.11 bits per heavy atom. The lowest BCUT2D eigenvalue weighted by Crippen LogP contribution is -2.23. The molecule has 1 saturated carbocycles. The fourth-order valence-corrected chi connectivity index (χ4v) is 4.88. The summed E-state index contributed by atoms with van der Waals surface area (Å²) in [6, 6.07) is 14.6. The van der Waals surface area contributed by atoms with Gasteiger partial charge in [0.15, 0.2) is 5.16 Å². The van der Waals surface area contributed by atoms with Crippen molar-refractivity contribution in [2.24, 2.45) is 0 Å². The van der Waals surface area contributed by atoms with Crippen LogP contribution in [-0.4, -0.2) is 25.9 Å². The number of rotatable bonds is 5. The van der Waals surface area contributed by atoms with E-state index in [0.29, 0.717) is 6.04 Å². The molecule has 0 bridgehead atoms. The van der Waals surface area contributed by atoms with E-state index in [4.69, 9.17) is 0 Å². The lowest BCUT2D eigenvalue weighted by molar-refractivity contribution is -0.115. The third-order valence-electron chi connectivity index (χ3n) is 5.44. The maximum atomic E-state index is 12.8. The highest BCUT2D eigenvalue weighted by atomic mass is 32.2. The molecular formula is C22H26N4OS. The second-order valence-corrected chi connectivity index (χ2v) is 8.81. The van der Waals surface area contributed by atoms with E-state index in [9.17, 15) is 4.79 Å². The molecule has 2 aromatic carbocycles. The van der Waals surface area contributed by atoms with E-state index in [1.54, 1.807) is 0 Å². The minimum atomic E-state index is -0.252. The molecule has 1 atom stereocenters. The third-order valence-corrected chi connectivity index (χ3v) is 6.50. The number of nitrogens with zero attached hydrogens (tertiary/aromatic N) is 3. The smallest absolute Gasteiger partial charge is 0.237 e. The van der Waals surface area contributed by atoms with E-state index in [0.717, 1.165) is 22.1 Å². The lowest BCUT2D eigenvalue weighted by atomic mass is 9.95. The van der Waals surface area contributed by atoms with Crippen LogP contribution >= 0.6 is 11.8 Å². The maximum Gasteiger partial charge on any atom is 0.237 e. The largest absolute Gasteiger partial charge is 0.325 e. The Balaban J connectivity index is 1.45. The number of carbonyl (C=O) groups excluding carboxylic acids is 1. The number of anilines is 1.